The molecule has 3 nitrogen and oxygen atoms in total. The third-order valence-electron chi connectivity index (χ3n) is 6.36. The molecule has 1 heterocycles. The summed E-state index contributed by atoms with van der Waals surface area (Å²) in [6, 6.07) is 1.70. The number of aliphatic hydroxyl groups excluding tert-OH is 1. The van der Waals surface area contributed by atoms with Crippen LogP contribution in [0.2, 0.25) is 0 Å². The van der Waals surface area contributed by atoms with E-state index in [4.69, 9.17) is 4.74 Å². The second-order valence-corrected chi connectivity index (χ2v) is 9.71. The Hall–Kier alpha value is -2.00. The van der Waals surface area contributed by atoms with E-state index in [1.807, 2.05) is 6.92 Å². The third kappa shape index (κ3) is 7.57. The van der Waals surface area contributed by atoms with Gasteiger partial charge in [-0.05, 0) is 105 Å². The molecule has 0 fully saturated rings. The fourth-order valence-corrected chi connectivity index (χ4v) is 4.30. The summed E-state index contributed by atoms with van der Waals surface area (Å²) in [6.45, 7) is 12.8. The van der Waals surface area contributed by atoms with Crippen molar-refractivity contribution in [2.75, 3.05) is 0 Å². The summed E-state index contributed by atoms with van der Waals surface area (Å²) in [5.41, 5.74) is 6.63. The maximum atomic E-state index is 10.1. The van der Waals surface area contributed by atoms with Gasteiger partial charge in [0.2, 0.25) is 0 Å². The van der Waals surface area contributed by atoms with Crippen LogP contribution in [0.1, 0.15) is 96.3 Å². The minimum atomic E-state index is -0.209. The number of aromatic hydroxyl groups is 1. The molecule has 1 aliphatic rings. The van der Waals surface area contributed by atoms with Crippen LogP contribution in [0.25, 0.3) is 0 Å². The lowest BCUT2D eigenvalue weighted by Gasteiger charge is -2.37. The van der Waals surface area contributed by atoms with Crippen molar-refractivity contribution in [2.24, 2.45) is 0 Å². The molecule has 3 heteroatoms. The highest BCUT2D eigenvalue weighted by atomic mass is 16.5. The summed E-state index contributed by atoms with van der Waals surface area (Å²) in [5.74, 6) is 1.02. The van der Waals surface area contributed by atoms with Crippen LogP contribution in [0.3, 0.4) is 0 Å². The Morgan fingerprint density at radius 2 is 1.65 bits per heavy atom. The molecule has 1 aromatic carbocycles. The standard InChI is InChI=1S/C28H42O3/c1-20(2)10-7-11-21(3)12-8-13-22(4)14-9-16-28(6)17-15-24-25(19-29)26(30)18-23(5)27(24)31-28/h10,12,14,18,29-30H,7-9,11,13,15-17,19H2,1-6H3/t28-/m1/s1. The Labute approximate surface area is 189 Å². The lowest BCUT2D eigenvalue weighted by Crippen LogP contribution is -2.37. The first kappa shape index (κ1) is 25.3. The molecule has 0 unspecified atom stereocenters. The van der Waals surface area contributed by atoms with Crippen molar-refractivity contribution in [1.29, 1.82) is 0 Å². The zero-order chi connectivity index (χ0) is 23.0. The molecule has 2 rings (SSSR count). The number of benzene rings is 1. The van der Waals surface area contributed by atoms with Gasteiger partial charge < -0.3 is 14.9 Å². The van der Waals surface area contributed by atoms with E-state index in [2.05, 4.69) is 52.8 Å². The van der Waals surface area contributed by atoms with Gasteiger partial charge in [0.25, 0.3) is 0 Å². The van der Waals surface area contributed by atoms with Crippen molar-refractivity contribution >= 4 is 0 Å². The van der Waals surface area contributed by atoms with E-state index in [0.717, 1.165) is 68.2 Å². The molecule has 1 aliphatic heterocycles. The van der Waals surface area contributed by atoms with Gasteiger partial charge in [-0.15, -0.1) is 0 Å². The molecule has 172 valence electrons. The second kappa shape index (κ2) is 11.6. The van der Waals surface area contributed by atoms with Gasteiger partial charge in [-0.3, -0.25) is 0 Å². The predicted octanol–water partition coefficient (Wildman–Crippen LogP) is 7.48. The van der Waals surface area contributed by atoms with Crippen molar-refractivity contribution in [3.63, 3.8) is 0 Å². The minimum Gasteiger partial charge on any atom is -0.508 e. The van der Waals surface area contributed by atoms with Crippen LogP contribution in [0.15, 0.2) is 41.0 Å². The molecule has 31 heavy (non-hydrogen) atoms. The summed E-state index contributed by atoms with van der Waals surface area (Å²) < 4.78 is 6.43. The van der Waals surface area contributed by atoms with Crippen LogP contribution >= 0.6 is 0 Å². The molecule has 0 bridgehead atoms. The number of hydrogen-bond acceptors (Lipinski definition) is 3. The molecule has 1 atom stereocenters. The largest absolute Gasteiger partial charge is 0.508 e. The number of rotatable bonds is 10. The molecule has 0 aromatic heterocycles. The lowest BCUT2D eigenvalue weighted by molar-refractivity contribution is 0.0553. The highest BCUT2D eigenvalue weighted by Gasteiger charge is 2.33. The Balaban J connectivity index is 1.86. The van der Waals surface area contributed by atoms with Crippen molar-refractivity contribution in [1.82, 2.24) is 0 Å². The highest BCUT2D eigenvalue weighted by molar-refractivity contribution is 5.53. The monoisotopic (exact) mass is 426 g/mol. The van der Waals surface area contributed by atoms with E-state index in [0.29, 0.717) is 5.56 Å². The van der Waals surface area contributed by atoms with Crippen LogP contribution in [0.5, 0.6) is 11.5 Å². The van der Waals surface area contributed by atoms with Gasteiger partial charge in [-0.25, -0.2) is 0 Å². The Bertz CT molecular complexity index is 840. The minimum absolute atomic E-state index is 0.153. The lowest BCUT2D eigenvalue weighted by atomic mass is 9.85. The van der Waals surface area contributed by atoms with Crippen LogP contribution in [-0.2, 0) is 13.0 Å². The topological polar surface area (TPSA) is 49.7 Å². The van der Waals surface area contributed by atoms with Crippen molar-refractivity contribution in [3.05, 3.63) is 57.7 Å². The smallest absolute Gasteiger partial charge is 0.126 e. The van der Waals surface area contributed by atoms with Crippen LogP contribution in [0, 0.1) is 6.92 Å². The van der Waals surface area contributed by atoms with Gasteiger partial charge in [-0.2, -0.15) is 0 Å². The van der Waals surface area contributed by atoms with Gasteiger partial charge in [-0.1, -0.05) is 34.9 Å². The fraction of sp³-hybridized carbons (Fsp3) is 0.571. The number of ether oxygens (including phenoxy) is 1. The second-order valence-electron chi connectivity index (χ2n) is 9.71. The normalized spacial score (nSPS) is 19.1. The summed E-state index contributed by atoms with van der Waals surface area (Å²) in [6.07, 6.45) is 15.3. The van der Waals surface area contributed by atoms with Crippen LogP contribution < -0.4 is 4.74 Å². The van der Waals surface area contributed by atoms with E-state index in [9.17, 15) is 10.2 Å². The maximum absolute atomic E-state index is 10.1. The van der Waals surface area contributed by atoms with E-state index in [1.165, 1.54) is 16.7 Å². The molecule has 0 saturated carbocycles. The molecule has 0 radical (unpaired) electrons. The van der Waals surface area contributed by atoms with Gasteiger partial charge in [0.1, 0.15) is 17.1 Å². The Kier molecular flexibility index (Phi) is 9.43. The summed E-state index contributed by atoms with van der Waals surface area (Å²) in [7, 11) is 0. The van der Waals surface area contributed by atoms with Crippen LogP contribution in [-0.4, -0.2) is 15.8 Å². The van der Waals surface area contributed by atoms with Crippen molar-refractivity contribution < 1.29 is 14.9 Å². The Morgan fingerprint density at radius 1 is 1.03 bits per heavy atom. The van der Waals surface area contributed by atoms with Crippen molar-refractivity contribution in [2.45, 2.75) is 105 Å². The van der Waals surface area contributed by atoms with Crippen molar-refractivity contribution in [3.8, 4) is 11.5 Å². The van der Waals surface area contributed by atoms with Gasteiger partial charge in [0.15, 0.2) is 0 Å². The van der Waals surface area contributed by atoms with E-state index in [1.54, 1.807) is 6.07 Å². The number of allylic oxidation sites excluding steroid dienone is 6. The average Bonchev–Trinajstić information content (AvgIpc) is 2.68. The molecule has 1 aromatic rings. The first-order valence-electron chi connectivity index (χ1n) is 11.7. The van der Waals surface area contributed by atoms with E-state index >= 15 is 0 Å². The van der Waals surface area contributed by atoms with Gasteiger partial charge in [0, 0.05) is 11.1 Å². The van der Waals surface area contributed by atoms with Crippen LogP contribution in [0.4, 0.5) is 0 Å². The number of aliphatic hydroxyl groups is 1. The zero-order valence-electron chi connectivity index (χ0n) is 20.5. The first-order chi connectivity index (χ1) is 14.6. The molecule has 0 spiro atoms. The maximum Gasteiger partial charge on any atom is 0.126 e. The predicted molar refractivity (Wildman–Crippen MR) is 131 cm³/mol. The molecule has 0 aliphatic carbocycles. The SMILES string of the molecule is CC(C)=CCCC(C)=CCCC(C)=CCC[C@]1(C)CCc2c(CO)c(O)cc(C)c2O1. The number of phenols is 1. The summed E-state index contributed by atoms with van der Waals surface area (Å²) in [5, 5.41) is 19.8. The fourth-order valence-electron chi connectivity index (χ4n) is 4.30. The number of aryl methyl sites for hydroxylation is 1. The average molecular weight is 427 g/mol. The number of fused-ring (bicyclic) bond motifs is 1. The quantitative estimate of drug-likeness (QED) is 0.381. The molecule has 2 N–H and O–H groups in total. The summed E-state index contributed by atoms with van der Waals surface area (Å²) in [4.78, 5) is 0. The van der Waals surface area contributed by atoms with E-state index in [-0.39, 0.29) is 18.0 Å². The van der Waals surface area contributed by atoms with Gasteiger partial charge >= 0.3 is 0 Å². The number of hydrogen-bond donors (Lipinski definition) is 2. The highest BCUT2D eigenvalue weighted by Crippen LogP contribution is 2.42. The summed E-state index contributed by atoms with van der Waals surface area (Å²) >= 11 is 0. The zero-order valence-corrected chi connectivity index (χ0v) is 20.5. The van der Waals surface area contributed by atoms with Gasteiger partial charge in [0.05, 0.1) is 6.61 Å². The molecular weight excluding hydrogens is 384 g/mol. The third-order valence-corrected chi connectivity index (χ3v) is 6.36. The molecule has 0 amide bonds. The van der Waals surface area contributed by atoms with E-state index < -0.39 is 0 Å². The first-order valence-corrected chi connectivity index (χ1v) is 11.7. The molecule has 0 saturated heterocycles. The molecular formula is C28H42O3. The Morgan fingerprint density at radius 3 is 2.26 bits per heavy atom.